The van der Waals surface area contributed by atoms with Crippen molar-refractivity contribution in [2.24, 2.45) is 11.8 Å². The third kappa shape index (κ3) is 5.98. The van der Waals surface area contributed by atoms with Gasteiger partial charge in [0, 0.05) is 37.3 Å². The van der Waals surface area contributed by atoms with Gasteiger partial charge < -0.3 is 14.9 Å². The summed E-state index contributed by atoms with van der Waals surface area (Å²) in [6.45, 7) is 2.53. The molecule has 1 unspecified atom stereocenters. The van der Waals surface area contributed by atoms with Crippen molar-refractivity contribution in [3.8, 4) is 0 Å². The van der Waals surface area contributed by atoms with E-state index in [1.807, 2.05) is 12.1 Å². The summed E-state index contributed by atoms with van der Waals surface area (Å²) in [5.74, 6) is -2.73. The van der Waals surface area contributed by atoms with Crippen LogP contribution in [-0.4, -0.2) is 66.1 Å². The van der Waals surface area contributed by atoms with E-state index in [1.54, 1.807) is 25.1 Å². The molecule has 1 aromatic carbocycles. The molecule has 0 saturated carbocycles. The van der Waals surface area contributed by atoms with Gasteiger partial charge in [-0.15, -0.1) is 0 Å². The minimum atomic E-state index is -3.49. The Hall–Kier alpha value is -2.29. The molecule has 0 bridgehead atoms. The lowest BCUT2D eigenvalue weighted by Gasteiger charge is -2.38. The SMILES string of the molecule is CN(C)C(O)c1ccc(N2CCC(CC3CCN(C(=O)C(F)(F)c4ccccc4)CC3)CC2)nc1Cl. The van der Waals surface area contributed by atoms with Gasteiger partial charge in [0.25, 0.3) is 5.91 Å². The number of aromatic nitrogens is 1. The van der Waals surface area contributed by atoms with E-state index in [0.717, 1.165) is 51.0 Å². The number of likely N-dealkylation sites (tertiary alicyclic amines) is 1. The fraction of sp³-hybridized carbons (Fsp3) is 0.556. The monoisotopic (exact) mass is 520 g/mol. The maximum absolute atomic E-state index is 14.7. The van der Waals surface area contributed by atoms with Crippen molar-refractivity contribution < 1.29 is 18.7 Å². The number of carbonyl (C=O) groups excluding carboxylic acids is 1. The largest absolute Gasteiger partial charge is 0.374 e. The van der Waals surface area contributed by atoms with Crippen LogP contribution < -0.4 is 4.90 Å². The fourth-order valence-electron chi connectivity index (χ4n) is 5.29. The highest BCUT2D eigenvalue weighted by molar-refractivity contribution is 6.30. The molecule has 2 saturated heterocycles. The van der Waals surface area contributed by atoms with Gasteiger partial charge in [-0.25, -0.2) is 4.98 Å². The van der Waals surface area contributed by atoms with Gasteiger partial charge in [-0.1, -0.05) is 41.9 Å². The van der Waals surface area contributed by atoms with Gasteiger partial charge in [-0.05, 0) is 70.2 Å². The average Bonchev–Trinajstić information content (AvgIpc) is 2.89. The highest BCUT2D eigenvalue weighted by Gasteiger charge is 2.44. The molecule has 1 aromatic heterocycles. The van der Waals surface area contributed by atoms with Crippen molar-refractivity contribution >= 4 is 23.3 Å². The molecule has 2 aromatic rings. The second-order valence-corrected chi connectivity index (χ2v) is 10.6. The van der Waals surface area contributed by atoms with Gasteiger partial charge >= 0.3 is 5.92 Å². The summed E-state index contributed by atoms with van der Waals surface area (Å²) in [7, 11) is 3.56. The Morgan fingerprint density at radius 1 is 1.06 bits per heavy atom. The average molecular weight is 521 g/mol. The lowest BCUT2D eigenvalue weighted by molar-refractivity contribution is -0.160. The molecule has 0 spiro atoms. The second-order valence-electron chi connectivity index (χ2n) is 10.2. The number of aliphatic hydroxyl groups excluding tert-OH is 1. The summed E-state index contributed by atoms with van der Waals surface area (Å²) >= 11 is 6.34. The van der Waals surface area contributed by atoms with E-state index in [9.17, 15) is 18.7 Å². The smallest absolute Gasteiger partial charge is 0.349 e. The van der Waals surface area contributed by atoms with Crippen LogP contribution in [0.1, 0.15) is 49.5 Å². The molecule has 9 heteroatoms. The van der Waals surface area contributed by atoms with Gasteiger partial charge in [-0.3, -0.25) is 9.69 Å². The first-order valence-corrected chi connectivity index (χ1v) is 13.0. The molecule has 2 fully saturated rings. The summed E-state index contributed by atoms with van der Waals surface area (Å²) < 4.78 is 29.4. The zero-order valence-corrected chi connectivity index (χ0v) is 21.7. The van der Waals surface area contributed by atoms with Crippen molar-refractivity contribution in [1.29, 1.82) is 0 Å². The number of halogens is 3. The van der Waals surface area contributed by atoms with E-state index in [-0.39, 0.29) is 5.56 Å². The zero-order chi connectivity index (χ0) is 25.9. The predicted molar refractivity (Wildman–Crippen MR) is 137 cm³/mol. The Labute approximate surface area is 216 Å². The van der Waals surface area contributed by atoms with Gasteiger partial charge in [0.2, 0.25) is 0 Å². The molecule has 2 aliphatic rings. The predicted octanol–water partition coefficient (Wildman–Crippen LogP) is 4.92. The number of hydrogen-bond acceptors (Lipinski definition) is 5. The van der Waals surface area contributed by atoms with Gasteiger partial charge in [0.05, 0.1) is 0 Å². The highest BCUT2D eigenvalue weighted by atomic mass is 35.5. The van der Waals surface area contributed by atoms with Crippen molar-refractivity contribution in [3.63, 3.8) is 0 Å². The Bertz CT molecular complexity index is 1020. The number of hydrogen-bond donors (Lipinski definition) is 1. The molecule has 0 radical (unpaired) electrons. The van der Waals surface area contributed by atoms with Crippen LogP contribution in [0.25, 0.3) is 0 Å². The number of alkyl halides is 2. The molecule has 1 atom stereocenters. The standard InChI is InChI=1S/C27H35ClF2N4O2/c1-32(2)25(35)22-8-9-23(31-24(22)28)33-14-10-19(11-15-33)18-20-12-16-34(17-13-20)26(36)27(29,30)21-6-4-3-5-7-21/h3-9,19-20,25,35H,10-18H2,1-2H3. The number of rotatable bonds is 7. The summed E-state index contributed by atoms with van der Waals surface area (Å²) in [5, 5.41) is 10.6. The Kier molecular flexibility index (Phi) is 8.48. The van der Waals surface area contributed by atoms with E-state index < -0.39 is 18.1 Å². The molecule has 3 heterocycles. The van der Waals surface area contributed by atoms with Crippen molar-refractivity contribution in [2.75, 3.05) is 45.2 Å². The molecule has 1 N–H and O–H groups in total. The topological polar surface area (TPSA) is 59.9 Å². The number of aliphatic hydroxyl groups is 1. The highest BCUT2D eigenvalue weighted by Crippen LogP contribution is 2.35. The van der Waals surface area contributed by atoms with Crippen LogP contribution in [-0.2, 0) is 10.7 Å². The molecule has 36 heavy (non-hydrogen) atoms. The summed E-state index contributed by atoms with van der Waals surface area (Å²) in [6, 6.07) is 11.1. The molecular formula is C27H35ClF2N4O2. The number of nitrogens with zero attached hydrogens (tertiary/aromatic N) is 4. The van der Waals surface area contributed by atoms with Gasteiger partial charge in [0.1, 0.15) is 17.2 Å². The van der Waals surface area contributed by atoms with E-state index in [4.69, 9.17) is 11.6 Å². The summed E-state index contributed by atoms with van der Waals surface area (Å²) in [5.41, 5.74) is 0.342. The van der Waals surface area contributed by atoms with Crippen molar-refractivity contribution in [3.05, 3.63) is 58.7 Å². The van der Waals surface area contributed by atoms with E-state index in [2.05, 4.69) is 9.88 Å². The molecule has 0 aliphatic carbocycles. The first-order chi connectivity index (χ1) is 17.2. The zero-order valence-electron chi connectivity index (χ0n) is 20.9. The molecular weight excluding hydrogens is 486 g/mol. The minimum Gasteiger partial charge on any atom is -0.374 e. The Balaban J connectivity index is 1.24. The molecule has 2 aliphatic heterocycles. The van der Waals surface area contributed by atoms with Crippen LogP contribution in [0.5, 0.6) is 0 Å². The molecule has 1 amide bonds. The summed E-state index contributed by atoms with van der Waals surface area (Å²) in [6.07, 6.45) is 3.87. The second kappa shape index (κ2) is 11.4. The quantitative estimate of drug-likeness (QED) is 0.414. The van der Waals surface area contributed by atoms with E-state index in [1.165, 1.54) is 29.2 Å². The van der Waals surface area contributed by atoms with Gasteiger partial charge in [-0.2, -0.15) is 8.78 Å². The summed E-state index contributed by atoms with van der Waals surface area (Å²) in [4.78, 5) is 22.3. The van der Waals surface area contributed by atoms with Crippen LogP contribution in [0, 0.1) is 11.8 Å². The number of amides is 1. The van der Waals surface area contributed by atoms with Crippen LogP contribution in [0.3, 0.4) is 0 Å². The third-order valence-electron chi connectivity index (χ3n) is 7.54. The minimum absolute atomic E-state index is 0.247. The number of benzene rings is 1. The first kappa shape index (κ1) is 26.8. The van der Waals surface area contributed by atoms with Crippen LogP contribution >= 0.6 is 11.6 Å². The van der Waals surface area contributed by atoms with Crippen molar-refractivity contribution in [1.82, 2.24) is 14.8 Å². The van der Waals surface area contributed by atoms with E-state index >= 15 is 0 Å². The van der Waals surface area contributed by atoms with Crippen LogP contribution in [0.15, 0.2) is 42.5 Å². The van der Waals surface area contributed by atoms with Crippen LogP contribution in [0.4, 0.5) is 14.6 Å². The normalized spacial score (nSPS) is 19.1. The Morgan fingerprint density at radius 2 is 1.64 bits per heavy atom. The third-order valence-corrected chi connectivity index (χ3v) is 7.84. The first-order valence-electron chi connectivity index (χ1n) is 12.7. The fourth-order valence-corrected chi connectivity index (χ4v) is 5.54. The molecule has 196 valence electrons. The van der Waals surface area contributed by atoms with E-state index in [0.29, 0.717) is 35.6 Å². The Morgan fingerprint density at radius 3 is 2.19 bits per heavy atom. The van der Waals surface area contributed by atoms with Crippen LogP contribution in [0.2, 0.25) is 5.15 Å². The lowest BCUT2D eigenvalue weighted by atomic mass is 9.82. The number of carbonyl (C=O) groups is 1. The number of piperidine rings is 2. The van der Waals surface area contributed by atoms with Crippen molar-refractivity contribution in [2.45, 2.75) is 44.3 Å². The lowest BCUT2D eigenvalue weighted by Crippen LogP contribution is -2.46. The molecule has 4 rings (SSSR count). The van der Waals surface area contributed by atoms with Gasteiger partial charge in [0.15, 0.2) is 0 Å². The molecule has 6 nitrogen and oxygen atoms in total. The number of anilines is 1. The maximum Gasteiger partial charge on any atom is 0.349 e. The maximum atomic E-state index is 14.7. The number of pyridine rings is 1.